The fraction of sp³-hybridized carbons (Fsp3) is 0.462. The molecule has 2 aliphatic heterocycles. The van der Waals surface area contributed by atoms with Crippen molar-refractivity contribution in [3.05, 3.63) is 48.1 Å². The molecule has 0 radical (unpaired) electrons. The Morgan fingerprint density at radius 1 is 1.32 bits per heavy atom. The minimum atomic E-state index is -0.963. The van der Waals surface area contributed by atoms with Crippen molar-refractivity contribution in [2.24, 2.45) is 5.41 Å². The number of anilines is 1. The van der Waals surface area contributed by atoms with Crippen LogP contribution in [0.5, 0.6) is 5.75 Å². The molecule has 1 aromatic rings. The molecule has 34 heavy (non-hydrogen) atoms. The average Bonchev–Trinajstić information content (AvgIpc) is 3.27. The molecule has 182 valence electrons. The molecule has 8 heteroatoms. The molecular formula is C26H33N3O5. The molecule has 2 unspecified atom stereocenters. The number of carbonyl (C=O) groups excluding carboxylic acids is 4. The van der Waals surface area contributed by atoms with Gasteiger partial charge >= 0.3 is 0 Å². The van der Waals surface area contributed by atoms with E-state index in [2.05, 4.69) is 23.8 Å². The van der Waals surface area contributed by atoms with Crippen molar-refractivity contribution in [3.8, 4) is 5.75 Å². The summed E-state index contributed by atoms with van der Waals surface area (Å²) in [5, 5.41) is 16.0. The highest BCUT2D eigenvalue weighted by atomic mass is 16.3. The van der Waals surface area contributed by atoms with Crippen LogP contribution in [0.1, 0.15) is 62.4 Å². The molecule has 0 spiro atoms. The Bertz CT molecular complexity index is 1060. The lowest BCUT2D eigenvalue weighted by molar-refractivity contribution is -0.146. The van der Waals surface area contributed by atoms with E-state index >= 15 is 0 Å². The highest BCUT2D eigenvalue weighted by Gasteiger charge is 2.43. The van der Waals surface area contributed by atoms with Crippen molar-refractivity contribution >= 4 is 29.2 Å². The number of fused-ring (bicyclic) bond motifs is 1. The van der Waals surface area contributed by atoms with Gasteiger partial charge in [0.05, 0.1) is 11.1 Å². The molecule has 0 saturated carbocycles. The van der Waals surface area contributed by atoms with Crippen molar-refractivity contribution in [1.29, 1.82) is 0 Å². The van der Waals surface area contributed by atoms with E-state index in [1.54, 1.807) is 18.7 Å². The lowest BCUT2D eigenvalue weighted by Gasteiger charge is -2.34. The van der Waals surface area contributed by atoms with E-state index in [1.807, 2.05) is 6.92 Å². The number of rotatable bonds is 9. The maximum Gasteiger partial charge on any atom is 0.246 e. The fourth-order valence-corrected chi connectivity index (χ4v) is 4.24. The largest absolute Gasteiger partial charge is 0.508 e. The summed E-state index contributed by atoms with van der Waals surface area (Å²) in [5.74, 6) is -1.37. The number of nitrogens with one attached hydrogen (secondary N) is 2. The van der Waals surface area contributed by atoms with Gasteiger partial charge in [0.25, 0.3) is 0 Å². The van der Waals surface area contributed by atoms with Crippen LogP contribution in [0.4, 0.5) is 5.69 Å². The van der Waals surface area contributed by atoms with Crippen LogP contribution in [0.3, 0.4) is 0 Å². The molecule has 3 N–H and O–H groups in total. The Hall–Kier alpha value is -3.42. The van der Waals surface area contributed by atoms with E-state index in [1.165, 1.54) is 18.2 Å². The molecular weight excluding hydrogens is 434 g/mol. The predicted octanol–water partition coefficient (Wildman–Crippen LogP) is 3.11. The summed E-state index contributed by atoms with van der Waals surface area (Å²) in [7, 11) is 0. The van der Waals surface area contributed by atoms with Crippen LogP contribution in [0.2, 0.25) is 0 Å². The number of hydrogen-bond donors (Lipinski definition) is 3. The lowest BCUT2D eigenvalue weighted by atomic mass is 9.90. The van der Waals surface area contributed by atoms with Crippen LogP contribution < -0.4 is 10.6 Å². The standard InChI is InChI=1S/C26H33N3O5/c1-6-26(4,5)25(34)28-22-16(10-9-15(2)3)20(30)12-11-17(22)21(31)14-18-24(33)29-13-7-8-19(29)23(32)27-18/h6,11-12,18-19,30H,1-2,7-10,13-14H2,3-5H3,(H,27,32)(H,28,34). The maximum atomic E-state index is 13.4. The van der Waals surface area contributed by atoms with Gasteiger partial charge in [-0.3, -0.25) is 19.2 Å². The Morgan fingerprint density at radius 3 is 2.68 bits per heavy atom. The first kappa shape index (κ1) is 25.2. The third kappa shape index (κ3) is 5.05. The van der Waals surface area contributed by atoms with Gasteiger partial charge in [0.15, 0.2) is 5.78 Å². The van der Waals surface area contributed by atoms with Crippen LogP contribution >= 0.6 is 0 Å². The summed E-state index contributed by atoms with van der Waals surface area (Å²) in [6, 6.07) is 1.42. The third-order valence-electron chi connectivity index (χ3n) is 6.57. The molecule has 2 saturated heterocycles. The van der Waals surface area contributed by atoms with Gasteiger partial charge in [0.1, 0.15) is 17.8 Å². The van der Waals surface area contributed by atoms with Gasteiger partial charge in [0.2, 0.25) is 17.7 Å². The predicted molar refractivity (Wildman–Crippen MR) is 129 cm³/mol. The van der Waals surface area contributed by atoms with E-state index in [0.29, 0.717) is 31.4 Å². The van der Waals surface area contributed by atoms with Crippen molar-refractivity contribution in [2.45, 2.75) is 65.0 Å². The number of hydrogen-bond acceptors (Lipinski definition) is 5. The molecule has 8 nitrogen and oxygen atoms in total. The molecule has 2 fully saturated rings. The number of allylic oxidation sites excluding steroid dienone is 1. The molecule has 0 aliphatic carbocycles. The van der Waals surface area contributed by atoms with E-state index in [4.69, 9.17) is 0 Å². The van der Waals surface area contributed by atoms with E-state index in [0.717, 1.165) is 12.0 Å². The smallest absolute Gasteiger partial charge is 0.246 e. The number of Topliss-reactive ketones (excluding diaryl/α,β-unsaturated/α-hetero) is 1. The van der Waals surface area contributed by atoms with Crippen LogP contribution in [0, 0.1) is 5.41 Å². The fourth-order valence-electron chi connectivity index (χ4n) is 4.24. The second-order valence-corrected chi connectivity index (χ2v) is 9.70. The second kappa shape index (κ2) is 9.83. The monoisotopic (exact) mass is 467 g/mol. The SMILES string of the molecule is C=CC(C)(C)C(=O)Nc1c(C(=O)CC2NC(=O)C3CCCN3C2=O)ccc(O)c1CCC(=C)C. The Labute approximate surface area is 200 Å². The van der Waals surface area contributed by atoms with E-state index < -0.39 is 23.3 Å². The average molecular weight is 468 g/mol. The molecule has 0 aromatic heterocycles. The number of benzene rings is 1. The molecule has 3 amide bonds. The van der Waals surface area contributed by atoms with Gasteiger partial charge in [0, 0.05) is 24.1 Å². The Morgan fingerprint density at radius 2 is 2.03 bits per heavy atom. The normalized spacial score (nSPS) is 19.9. The molecule has 2 atom stereocenters. The second-order valence-electron chi connectivity index (χ2n) is 9.70. The molecule has 0 bridgehead atoms. The summed E-state index contributed by atoms with van der Waals surface area (Å²) in [4.78, 5) is 53.2. The minimum Gasteiger partial charge on any atom is -0.508 e. The number of aromatic hydroxyl groups is 1. The van der Waals surface area contributed by atoms with Gasteiger partial charge in [-0.2, -0.15) is 0 Å². The summed E-state index contributed by atoms with van der Waals surface area (Å²) in [6.45, 7) is 13.3. The quantitative estimate of drug-likeness (QED) is 0.381. The summed E-state index contributed by atoms with van der Waals surface area (Å²) in [5.41, 5.74) is 0.763. The first-order valence-electron chi connectivity index (χ1n) is 11.5. The first-order valence-corrected chi connectivity index (χ1v) is 11.5. The zero-order chi connectivity index (χ0) is 25.2. The van der Waals surface area contributed by atoms with Crippen molar-refractivity contribution in [3.63, 3.8) is 0 Å². The van der Waals surface area contributed by atoms with Crippen LogP contribution in [0.15, 0.2) is 36.9 Å². The zero-order valence-corrected chi connectivity index (χ0v) is 20.1. The van der Waals surface area contributed by atoms with Gasteiger partial charge in [-0.1, -0.05) is 11.6 Å². The zero-order valence-electron chi connectivity index (χ0n) is 20.1. The summed E-state index contributed by atoms with van der Waals surface area (Å²) in [6.07, 6.45) is 3.55. The number of amides is 3. The number of phenols is 1. The maximum absolute atomic E-state index is 13.4. The number of phenolic OH excluding ortho intramolecular Hbond substituents is 1. The molecule has 3 rings (SSSR count). The molecule has 1 aromatic carbocycles. The number of carbonyl (C=O) groups is 4. The number of nitrogens with zero attached hydrogens (tertiary/aromatic N) is 1. The van der Waals surface area contributed by atoms with E-state index in [9.17, 15) is 24.3 Å². The lowest BCUT2D eigenvalue weighted by Crippen LogP contribution is -2.61. The summed E-state index contributed by atoms with van der Waals surface area (Å²) >= 11 is 0. The van der Waals surface area contributed by atoms with Crippen LogP contribution in [-0.2, 0) is 20.8 Å². The van der Waals surface area contributed by atoms with E-state index in [-0.39, 0.29) is 41.1 Å². The minimum absolute atomic E-state index is 0.0496. The van der Waals surface area contributed by atoms with Crippen LogP contribution in [0.25, 0.3) is 0 Å². The topological polar surface area (TPSA) is 116 Å². The van der Waals surface area contributed by atoms with Crippen molar-refractivity contribution in [1.82, 2.24) is 10.2 Å². The van der Waals surface area contributed by atoms with Gasteiger partial charge in [-0.25, -0.2) is 0 Å². The highest BCUT2D eigenvalue weighted by Crippen LogP contribution is 2.34. The number of piperazine rings is 1. The van der Waals surface area contributed by atoms with Gasteiger partial charge < -0.3 is 20.6 Å². The van der Waals surface area contributed by atoms with Gasteiger partial charge in [-0.05, 0) is 58.6 Å². The van der Waals surface area contributed by atoms with Gasteiger partial charge in [-0.15, -0.1) is 13.2 Å². The first-order chi connectivity index (χ1) is 16.0. The van der Waals surface area contributed by atoms with Crippen molar-refractivity contribution in [2.75, 3.05) is 11.9 Å². The molecule has 2 heterocycles. The Kier molecular flexibility index (Phi) is 7.29. The van der Waals surface area contributed by atoms with Crippen molar-refractivity contribution < 1.29 is 24.3 Å². The number of ketones is 1. The molecule has 2 aliphatic rings. The Balaban J connectivity index is 1.94. The summed E-state index contributed by atoms with van der Waals surface area (Å²) < 4.78 is 0. The van der Waals surface area contributed by atoms with Crippen LogP contribution in [-0.4, -0.2) is 52.1 Å². The highest BCUT2D eigenvalue weighted by molar-refractivity contribution is 6.09. The third-order valence-corrected chi connectivity index (χ3v) is 6.57.